The Morgan fingerprint density at radius 1 is 0.861 bits per heavy atom. The second-order valence-corrected chi connectivity index (χ2v) is 9.93. The van der Waals surface area contributed by atoms with E-state index in [2.05, 4.69) is 16.7 Å². The molecule has 1 heterocycles. The normalized spacial score (nSPS) is 11.1. The molecule has 0 atom stereocenters. The van der Waals surface area contributed by atoms with Crippen LogP contribution < -0.4 is 4.74 Å². The molecule has 0 saturated carbocycles. The molecule has 0 unspecified atom stereocenters. The monoisotopic (exact) mass is 489 g/mol. The van der Waals surface area contributed by atoms with Crippen LogP contribution in [-0.2, 0) is 29.2 Å². The lowest BCUT2D eigenvalue weighted by molar-refractivity contribution is -0.143. The van der Waals surface area contributed by atoms with Crippen LogP contribution in [0.1, 0.15) is 50.9 Å². The Balaban J connectivity index is 1.82. The average molecular weight is 490 g/mol. The summed E-state index contributed by atoms with van der Waals surface area (Å²) < 4.78 is 7.53. The predicted molar refractivity (Wildman–Crippen MR) is 144 cm³/mol. The number of aromatic nitrogens is 1. The Morgan fingerprint density at radius 2 is 1.58 bits per heavy atom. The zero-order valence-electron chi connectivity index (χ0n) is 22.2. The van der Waals surface area contributed by atoms with E-state index in [1.54, 1.807) is 12.0 Å². The summed E-state index contributed by atoms with van der Waals surface area (Å²) in [6, 6.07) is 22.0. The van der Waals surface area contributed by atoms with E-state index in [1.807, 2.05) is 93.4 Å². The first-order chi connectivity index (χ1) is 17.3. The summed E-state index contributed by atoms with van der Waals surface area (Å²) in [6.07, 6.45) is 2.47. The van der Waals surface area contributed by atoms with Gasteiger partial charge in [-0.05, 0) is 55.2 Å². The van der Waals surface area contributed by atoms with Crippen LogP contribution in [0.2, 0.25) is 0 Å². The fourth-order valence-corrected chi connectivity index (χ4v) is 4.22. The minimum atomic E-state index is -0.0567. The smallest absolute Gasteiger partial charge is 0.242 e. The van der Waals surface area contributed by atoms with E-state index >= 15 is 0 Å². The van der Waals surface area contributed by atoms with Gasteiger partial charge in [0.2, 0.25) is 11.8 Å². The molecule has 0 aliphatic rings. The summed E-state index contributed by atoms with van der Waals surface area (Å²) in [5.41, 5.74) is 3.21. The molecule has 0 N–H and O–H groups in total. The zero-order valence-corrected chi connectivity index (χ0v) is 22.2. The van der Waals surface area contributed by atoms with Crippen molar-refractivity contribution in [2.24, 2.45) is 5.92 Å². The number of nitrogens with zero attached hydrogens (tertiary/aromatic N) is 3. The summed E-state index contributed by atoms with van der Waals surface area (Å²) in [4.78, 5) is 30.1. The Kier molecular flexibility index (Phi) is 9.74. The van der Waals surface area contributed by atoms with Crippen LogP contribution in [0.15, 0.2) is 72.9 Å². The largest absolute Gasteiger partial charge is 0.497 e. The second-order valence-electron chi connectivity index (χ2n) is 9.93. The van der Waals surface area contributed by atoms with Crippen molar-refractivity contribution in [3.05, 3.63) is 89.7 Å². The third-order valence-corrected chi connectivity index (χ3v) is 6.16. The topological polar surface area (TPSA) is 54.8 Å². The maximum Gasteiger partial charge on any atom is 0.242 e. The zero-order chi connectivity index (χ0) is 26.1. The highest BCUT2D eigenvalue weighted by Crippen LogP contribution is 2.18. The third-order valence-electron chi connectivity index (χ3n) is 6.16. The molecule has 0 bridgehead atoms. The first-order valence-corrected chi connectivity index (χ1v) is 12.6. The average Bonchev–Trinajstić information content (AvgIpc) is 3.28. The van der Waals surface area contributed by atoms with Gasteiger partial charge in [-0.1, -0.05) is 56.3 Å². The van der Waals surface area contributed by atoms with Gasteiger partial charge in [-0.3, -0.25) is 9.59 Å². The number of amides is 2. The summed E-state index contributed by atoms with van der Waals surface area (Å²) >= 11 is 0. The quantitative estimate of drug-likeness (QED) is 0.344. The van der Waals surface area contributed by atoms with Crippen molar-refractivity contribution >= 4 is 11.8 Å². The van der Waals surface area contributed by atoms with Crippen LogP contribution in [-0.4, -0.2) is 45.9 Å². The molecule has 0 aliphatic heterocycles. The van der Waals surface area contributed by atoms with E-state index in [9.17, 15) is 9.59 Å². The van der Waals surface area contributed by atoms with E-state index < -0.39 is 0 Å². The summed E-state index contributed by atoms with van der Waals surface area (Å²) in [5.74, 6) is 1.03. The van der Waals surface area contributed by atoms with Gasteiger partial charge in [-0.2, -0.15) is 0 Å². The highest BCUT2D eigenvalue weighted by atomic mass is 16.5. The van der Waals surface area contributed by atoms with Gasteiger partial charge in [-0.15, -0.1) is 0 Å². The molecule has 0 radical (unpaired) electrons. The molecule has 0 aliphatic carbocycles. The summed E-state index contributed by atoms with van der Waals surface area (Å²) in [7, 11) is 1.67. The van der Waals surface area contributed by atoms with Crippen molar-refractivity contribution < 1.29 is 14.3 Å². The van der Waals surface area contributed by atoms with Crippen molar-refractivity contribution in [3.8, 4) is 5.75 Å². The standard InChI is InChI=1S/C30H39N3O3/c1-23(2)17-29(34)33(24(3)4)22-30(35)32(19-25-11-7-6-8-12-25)21-27-14-10-16-31(27)20-26-13-9-15-28(18-26)36-5/h6-16,18,23-24H,17,19-22H2,1-5H3. The maximum absolute atomic E-state index is 13.6. The summed E-state index contributed by atoms with van der Waals surface area (Å²) in [6.45, 7) is 9.67. The lowest BCUT2D eigenvalue weighted by Gasteiger charge is -2.31. The third kappa shape index (κ3) is 7.74. The van der Waals surface area contributed by atoms with Gasteiger partial charge in [-0.25, -0.2) is 0 Å². The van der Waals surface area contributed by atoms with Crippen molar-refractivity contribution in [2.75, 3.05) is 13.7 Å². The lowest BCUT2D eigenvalue weighted by Crippen LogP contribution is -2.45. The maximum atomic E-state index is 13.6. The van der Waals surface area contributed by atoms with Crippen molar-refractivity contribution in [1.82, 2.24) is 14.4 Å². The van der Waals surface area contributed by atoms with Crippen LogP contribution in [0.4, 0.5) is 0 Å². The SMILES string of the molecule is COc1cccc(Cn2cccc2CN(Cc2ccccc2)C(=O)CN(C(=O)CC(C)C)C(C)C)c1. The molecule has 1 aromatic heterocycles. The van der Waals surface area contributed by atoms with Crippen LogP contribution in [0.3, 0.4) is 0 Å². The van der Waals surface area contributed by atoms with Gasteiger partial charge in [0.1, 0.15) is 5.75 Å². The van der Waals surface area contributed by atoms with Crippen molar-refractivity contribution in [1.29, 1.82) is 0 Å². The number of hydrogen-bond acceptors (Lipinski definition) is 3. The van der Waals surface area contributed by atoms with Gasteiger partial charge in [0, 0.05) is 37.4 Å². The molecular weight excluding hydrogens is 450 g/mol. The number of hydrogen-bond donors (Lipinski definition) is 0. The summed E-state index contributed by atoms with van der Waals surface area (Å²) in [5, 5.41) is 0. The van der Waals surface area contributed by atoms with Gasteiger partial charge in [0.15, 0.2) is 0 Å². The molecule has 192 valence electrons. The molecule has 0 saturated heterocycles. The van der Waals surface area contributed by atoms with E-state index in [0.29, 0.717) is 26.1 Å². The Bertz CT molecular complexity index is 1120. The van der Waals surface area contributed by atoms with Crippen molar-refractivity contribution in [3.63, 3.8) is 0 Å². The Hall–Kier alpha value is -3.54. The van der Waals surface area contributed by atoms with E-state index in [0.717, 1.165) is 22.6 Å². The van der Waals surface area contributed by atoms with Crippen LogP contribution >= 0.6 is 0 Å². The first-order valence-electron chi connectivity index (χ1n) is 12.6. The highest BCUT2D eigenvalue weighted by molar-refractivity contribution is 5.85. The molecule has 6 heteroatoms. The second kappa shape index (κ2) is 13.0. The fraction of sp³-hybridized carbons (Fsp3) is 0.400. The van der Waals surface area contributed by atoms with Gasteiger partial charge in [0.05, 0.1) is 20.2 Å². The van der Waals surface area contributed by atoms with Crippen LogP contribution in [0.5, 0.6) is 5.75 Å². The van der Waals surface area contributed by atoms with E-state index in [4.69, 9.17) is 4.74 Å². The number of rotatable bonds is 12. The molecule has 0 spiro atoms. The Morgan fingerprint density at radius 3 is 2.25 bits per heavy atom. The van der Waals surface area contributed by atoms with Gasteiger partial charge in [0.25, 0.3) is 0 Å². The van der Waals surface area contributed by atoms with E-state index in [-0.39, 0.29) is 30.3 Å². The number of carbonyl (C=O) groups is 2. The molecule has 3 aromatic rings. The van der Waals surface area contributed by atoms with Gasteiger partial charge < -0.3 is 19.1 Å². The number of ether oxygens (including phenoxy) is 1. The molecule has 3 rings (SSSR count). The lowest BCUT2D eigenvalue weighted by atomic mass is 10.1. The van der Waals surface area contributed by atoms with Crippen LogP contribution in [0.25, 0.3) is 0 Å². The number of methoxy groups -OCH3 is 1. The molecule has 2 aromatic carbocycles. The van der Waals surface area contributed by atoms with Crippen LogP contribution in [0, 0.1) is 5.92 Å². The van der Waals surface area contributed by atoms with E-state index in [1.165, 1.54) is 0 Å². The Labute approximate surface area is 215 Å². The molecule has 0 fully saturated rings. The first kappa shape index (κ1) is 27.1. The molecule has 36 heavy (non-hydrogen) atoms. The van der Waals surface area contributed by atoms with Crippen molar-refractivity contribution in [2.45, 2.75) is 59.8 Å². The highest BCUT2D eigenvalue weighted by Gasteiger charge is 2.24. The molecule has 6 nitrogen and oxygen atoms in total. The minimum absolute atomic E-state index is 0.0226. The molecule has 2 amide bonds. The fourth-order valence-electron chi connectivity index (χ4n) is 4.22. The van der Waals surface area contributed by atoms with Gasteiger partial charge >= 0.3 is 0 Å². The minimum Gasteiger partial charge on any atom is -0.497 e. The number of carbonyl (C=O) groups excluding carboxylic acids is 2. The number of benzene rings is 2. The predicted octanol–water partition coefficient (Wildman–Crippen LogP) is 5.36. The molecular formula is C30H39N3O3.